The van der Waals surface area contributed by atoms with Crippen molar-refractivity contribution in [2.24, 2.45) is 5.84 Å². The van der Waals surface area contributed by atoms with Crippen molar-refractivity contribution in [3.05, 3.63) is 33.9 Å². The van der Waals surface area contributed by atoms with Crippen molar-refractivity contribution < 1.29 is 9.72 Å². The quantitative estimate of drug-likeness (QED) is 0.402. The average Bonchev–Trinajstić information content (AvgIpc) is 2.45. The molecule has 7 nitrogen and oxygen atoms in total. The third kappa shape index (κ3) is 3.84. The van der Waals surface area contributed by atoms with E-state index in [1.807, 2.05) is 13.2 Å². The van der Waals surface area contributed by atoms with Gasteiger partial charge in [0.05, 0.1) is 10.5 Å². The minimum absolute atomic E-state index is 0.0161. The van der Waals surface area contributed by atoms with E-state index >= 15 is 0 Å². The van der Waals surface area contributed by atoms with Crippen molar-refractivity contribution in [2.75, 3.05) is 17.4 Å². The molecule has 0 bridgehead atoms. The van der Waals surface area contributed by atoms with Gasteiger partial charge in [-0.25, -0.2) is 0 Å². The minimum Gasteiger partial charge on any atom is -0.348 e. The molecule has 1 aromatic carbocycles. The van der Waals surface area contributed by atoms with Crippen LogP contribution in [0.5, 0.6) is 0 Å². The smallest absolute Gasteiger partial charge is 0.294 e. The summed E-state index contributed by atoms with van der Waals surface area (Å²) >= 11 is 1.63. The third-order valence-electron chi connectivity index (χ3n) is 2.82. The maximum atomic E-state index is 12.2. The molecule has 1 atom stereocenters. The number of amides is 1. The van der Waals surface area contributed by atoms with Gasteiger partial charge in [0.25, 0.3) is 11.6 Å². The molecule has 1 rings (SSSR count). The lowest BCUT2D eigenvalue weighted by Crippen LogP contribution is -2.36. The van der Waals surface area contributed by atoms with E-state index in [0.29, 0.717) is 0 Å². The van der Waals surface area contributed by atoms with Crippen molar-refractivity contribution in [3.8, 4) is 0 Å². The summed E-state index contributed by atoms with van der Waals surface area (Å²) in [5.74, 6) is 5.72. The number of nitrogens with one attached hydrogen (secondary N) is 2. The van der Waals surface area contributed by atoms with E-state index < -0.39 is 4.92 Å². The third-order valence-corrected chi connectivity index (χ3v) is 3.56. The standard InChI is InChI=1S/C12H18N4O3S/c1-3-8(7-20-2)14-12(17)9-5-4-6-10(16(18)19)11(9)15-13/h4-6,8,15H,3,7,13H2,1-2H3,(H,14,17). The van der Waals surface area contributed by atoms with Crippen LogP contribution in [0.15, 0.2) is 18.2 Å². The Morgan fingerprint density at radius 3 is 2.75 bits per heavy atom. The lowest BCUT2D eigenvalue weighted by molar-refractivity contribution is -0.384. The monoisotopic (exact) mass is 298 g/mol. The van der Waals surface area contributed by atoms with Crippen LogP contribution in [0.25, 0.3) is 0 Å². The zero-order valence-electron chi connectivity index (χ0n) is 11.4. The number of hydrogen-bond donors (Lipinski definition) is 3. The number of carbonyl (C=O) groups excluding carboxylic acids is 1. The number of carbonyl (C=O) groups is 1. The van der Waals surface area contributed by atoms with Gasteiger partial charge < -0.3 is 10.7 Å². The van der Waals surface area contributed by atoms with Crippen LogP contribution in [0.2, 0.25) is 0 Å². The Kier molecular flexibility index (Phi) is 6.26. The summed E-state index contributed by atoms with van der Waals surface area (Å²) in [4.78, 5) is 22.5. The first-order valence-electron chi connectivity index (χ1n) is 6.08. The molecular formula is C12H18N4O3S. The summed E-state index contributed by atoms with van der Waals surface area (Å²) in [5.41, 5.74) is 2.21. The number of anilines is 1. The minimum atomic E-state index is -0.578. The second-order valence-corrected chi connectivity index (χ2v) is 5.05. The summed E-state index contributed by atoms with van der Waals surface area (Å²) < 4.78 is 0. The summed E-state index contributed by atoms with van der Waals surface area (Å²) in [6, 6.07) is 4.28. The first-order chi connectivity index (χ1) is 9.54. The number of hydrazine groups is 1. The van der Waals surface area contributed by atoms with Gasteiger partial charge in [-0.3, -0.25) is 20.8 Å². The molecule has 0 saturated heterocycles. The van der Waals surface area contributed by atoms with E-state index in [4.69, 9.17) is 5.84 Å². The van der Waals surface area contributed by atoms with Crippen LogP contribution in [-0.2, 0) is 0 Å². The van der Waals surface area contributed by atoms with Crippen LogP contribution in [-0.4, -0.2) is 28.9 Å². The van der Waals surface area contributed by atoms with Crippen molar-refractivity contribution in [1.29, 1.82) is 0 Å². The summed E-state index contributed by atoms with van der Waals surface area (Å²) in [6.07, 6.45) is 2.74. The molecule has 0 fully saturated rings. The highest BCUT2D eigenvalue weighted by Gasteiger charge is 2.22. The van der Waals surface area contributed by atoms with Crippen molar-refractivity contribution in [2.45, 2.75) is 19.4 Å². The summed E-state index contributed by atoms with van der Waals surface area (Å²) in [7, 11) is 0. The van der Waals surface area contributed by atoms with Crippen LogP contribution < -0.4 is 16.6 Å². The van der Waals surface area contributed by atoms with Gasteiger partial charge in [0.15, 0.2) is 0 Å². The van der Waals surface area contributed by atoms with Gasteiger partial charge in [0.2, 0.25) is 0 Å². The van der Waals surface area contributed by atoms with Crippen molar-refractivity contribution in [1.82, 2.24) is 5.32 Å². The highest BCUT2D eigenvalue weighted by atomic mass is 32.2. The molecule has 0 aliphatic carbocycles. The lowest BCUT2D eigenvalue weighted by atomic mass is 10.1. The van der Waals surface area contributed by atoms with Gasteiger partial charge in [-0.15, -0.1) is 0 Å². The maximum Gasteiger partial charge on any atom is 0.294 e. The Labute approximate surface area is 121 Å². The highest BCUT2D eigenvalue weighted by Crippen LogP contribution is 2.27. The van der Waals surface area contributed by atoms with Crippen LogP contribution in [0.4, 0.5) is 11.4 Å². The van der Waals surface area contributed by atoms with Crippen molar-refractivity contribution >= 4 is 29.0 Å². The Morgan fingerprint density at radius 1 is 1.55 bits per heavy atom. The normalized spacial score (nSPS) is 11.8. The number of benzene rings is 1. The van der Waals surface area contributed by atoms with Gasteiger partial charge >= 0.3 is 0 Å². The molecule has 1 amide bonds. The van der Waals surface area contributed by atoms with Gasteiger partial charge in [-0.05, 0) is 18.7 Å². The van der Waals surface area contributed by atoms with E-state index in [9.17, 15) is 14.9 Å². The van der Waals surface area contributed by atoms with E-state index in [1.165, 1.54) is 18.2 Å². The van der Waals surface area contributed by atoms with Crippen LogP contribution in [0.3, 0.4) is 0 Å². The fraction of sp³-hybridized carbons (Fsp3) is 0.417. The zero-order chi connectivity index (χ0) is 15.1. The molecule has 1 aromatic rings. The van der Waals surface area contributed by atoms with E-state index in [-0.39, 0.29) is 28.9 Å². The van der Waals surface area contributed by atoms with Crippen LogP contribution in [0, 0.1) is 10.1 Å². The Hall–Kier alpha value is -1.80. The number of nitrogens with zero attached hydrogens (tertiary/aromatic N) is 1. The highest BCUT2D eigenvalue weighted by molar-refractivity contribution is 7.98. The predicted octanol–water partition coefficient (Wildman–Crippen LogP) is 1.75. The van der Waals surface area contributed by atoms with Crippen LogP contribution >= 0.6 is 11.8 Å². The molecule has 0 saturated carbocycles. The lowest BCUT2D eigenvalue weighted by Gasteiger charge is -2.17. The molecule has 0 spiro atoms. The molecule has 1 unspecified atom stereocenters. The number of nitro groups is 1. The molecule has 0 radical (unpaired) electrons. The Balaban J connectivity index is 3.03. The Morgan fingerprint density at radius 2 is 2.25 bits per heavy atom. The first kappa shape index (κ1) is 16.3. The molecular weight excluding hydrogens is 280 g/mol. The number of para-hydroxylation sites is 1. The van der Waals surface area contributed by atoms with Gasteiger partial charge in [0.1, 0.15) is 5.69 Å². The summed E-state index contributed by atoms with van der Waals surface area (Å²) in [6.45, 7) is 1.97. The molecule has 0 heterocycles. The van der Waals surface area contributed by atoms with E-state index in [2.05, 4.69) is 10.7 Å². The predicted molar refractivity (Wildman–Crippen MR) is 80.8 cm³/mol. The van der Waals surface area contributed by atoms with E-state index in [0.717, 1.165) is 12.2 Å². The number of nitrogen functional groups attached to an aromatic ring is 1. The van der Waals surface area contributed by atoms with Crippen LogP contribution in [0.1, 0.15) is 23.7 Å². The maximum absolute atomic E-state index is 12.2. The number of nitro benzene ring substituents is 1. The largest absolute Gasteiger partial charge is 0.348 e. The zero-order valence-corrected chi connectivity index (χ0v) is 12.2. The van der Waals surface area contributed by atoms with Gasteiger partial charge in [0, 0.05) is 17.9 Å². The van der Waals surface area contributed by atoms with Gasteiger partial charge in [-0.1, -0.05) is 13.0 Å². The first-order valence-corrected chi connectivity index (χ1v) is 7.48. The number of rotatable bonds is 7. The average molecular weight is 298 g/mol. The molecule has 8 heteroatoms. The number of hydrogen-bond acceptors (Lipinski definition) is 6. The van der Waals surface area contributed by atoms with Crippen molar-refractivity contribution in [3.63, 3.8) is 0 Å². The topological polar surface area (TPSA) is 110 Å². The second kappa shape index (κ2) is 7.71. The number of thioether (sulfide) groups is 1. The Bertz CT molecular complexity index is 496. The molecule has 0 aliphatic rings. The van der Waals surface area contributed by atoms with E-state index in [1.54, 1.807) is 11.8 Å². The van der Waals surface area contributed by atoms with Gasteiger partial charge in [-0.2, -0.15) is 11.8 Å². The molecule has 0 aromatic heterocycles. The fourth-order valence-electron chi connectivity index (χ4n) is 1.76. The molecule has 110 valence electrons. The second-order valence-electron chi connectivity index (χ2n) is 4.14. The number of nitrogens with two attached hydrogens (primary N) is 1. The molecule has 20 heavy (non-hydrogen) atoms. The fourth-order valence-corrected chi connectivity index (χ4v) is 2.48. The molecule has 0 aliphatic heterocycles. The molecule has 4 N–H and O–H groups in total. The summed E-state index contributed by atoms with van der Waals surface area (Å²) in [5, 5.41) is 13.8. The SMILES string of the molecule is CCC(CSC)NC(=O)c1cccc([N+](=O)[O-])c1NN.